The molecule has 2 aromatic rings. The number of nitrogens with zero attached hydrogens (tertiary/aromatic N) is 3. The lowest BCUT2D eigenvalue weighted by Gasteiger charge is -1.97. The Labute approximate surface area is 82.8 Å². The van der Waals surface area contributed by atoms with Gasteiger partial charge in [0.1, 0.15) is 11.3 Å². The number of imidazole rings is 1. The third-order valence-electron chi connectivity index (χ3n) is 2.75. The summed E-state index contributed by atoms with van der Waals surface area (Å²) in [6.07, 6.45) is 4.19. The summed E-state index contributed by atoms with van der Waals surface area (Å²) in [6, 6.07) is 1.96. The third kappa shape index (κ3) is 0.983. The zero-order valence-corrected chi connectivity index (χ0v) is 8.07. The highest BCUT2D eigenvalue weighted by atomic mass is 15.1. The fourth-order valence-electron chi connectivity index (χ4n) is 1.76. The minimum absolute atomic E-state index is 0.564. The van der Waals surface area contributed by atoms with Crippen LogP contribution in [0.15, 0.2) is 12.3 Å². The minimum Gasteiger partial charge on any atom is -0.305 e. The third-order valence-corrected chi connectivity index (χ3v) is 2.75. The van der Waals surface area contributed by atoms with Crippen LogP contribution in [0.25, 0.3) is 11.2 Å². The summed E-state index contributed by atoms with van der Waals surface area (Å²) in [5.41, 5.74) is 2.88. The Morgan fingerprint density at radius 1 is 1.50 bits per heavy atom. The average Bonchev–Trinajstić information content (AvgIpc) is 2.94. The number of pyridine rings is 1. The van der Waals surface area contributed by atoms with Crippen molar-refractivity contribution < 1.29 is 0 Å². The molecule has 2 heterocycles. The van der Waals surface area contributed by atoms with Crippen molar-refractivity contribution in [3.63, 3.8) is 0 Å². The molecular weight excluding hydrogens is 174 g/mol. The molecule has 0 unspecified atom stereocenters. The molecule has 0 aromatic carbocycles. The van der Waals surface area contributed by atoms with Gasteiger partial charge in [-0.05, 0) is 31.4 Å². The summed E-state index contributed by atoms with van der Waals surface area (Å²) >= 11 is 0. The van der Waals surface area contributed by atoms with Crippen molar-refractivity contribution in [3.05, 3.63) is 30.7 Å². The molecule has 0 spiro atoms. The maximum atomic E-state index is 5.94. The van der Waals surface area contributed by atoms with Gasteiger partial charge >= 0.3 is 0 Å². The Morgan fingerprint density at radius 2 is 2.29 bits per heavy atom. The SMILES string of the molecule is [CH]n1c(C2CC2)nc2c(C)ccnc21. The van der Waals surface area contributed by atoms with Gasteiger partial charge in [0.15, 0.2) is 5.65 Å². The van der Waals surface area contributed by atoms with E-state index in [2.05, 4.69) is 9.97 Å². The Bertz CT molecular complexity index is 494. The Morgan fingerprint density at radius 3 is 2.93 bits per heavy atom. The van der Waals surface area contributed by atoms with E-state index >= 15 is 0 Å². The number of aromatic nitrogens is 3. The molecule has 0 saturated heterocycles. The van der Waals surface area contributed by atoms with Crippen LogP contribution in [-0.4, -0.2) is 14.5 Å². The summed E-state index contributed by atoms with van der Waals surface area (Å²) in [4.78, 5) is 8.80. The molecule has 3 heteroatoms. The molecule has 70 valence electrons. The van der Waals surface area contributed by atoms with Crippen LogP contribution in [0.1, 0.15) is 30.1 Å². The monoisotopic (exact) mass is 185 g/mol. The van der Waals surface area contributed by atoms with Gasteiger partial charge in [0.2, 0.25) is 0 Å². The molecule has 0 bridgehead atoms. The zero-order valence-electron chi connectivity index (χ0n) is 8.07. The first-order valence-corrected chi connectivity index (χ1v) is 4.86. The maximum absolute atomic E-state index is 5.94. The first-order valence-electron chi connectivity index (χ1n) is 4.86. The highest BCUT2D eigenvalue weighted by Crippen LogP contribution is 2.40. The van der Waals surface area contributed by atoms with Crippen LogP contribution in [0.4, 0.5) is 0 Å². The van der Waals surface area contributed by atoms with Crippen LogP contribution in [-0.2, 0) is 0 Å². The maximum Gasteiger partial charge on any atom is 0.160 e. The Balaban J connectivity index is 2.33. The number of aryl methyl sites for hydroxylation is 1. The Kier molecular flexibility index (Phi) is 1.46. The van der Waals surface area contributed by atoms with Crippen molar-refractivity contribution >= 4 is 11.2 Å². The van der Waals surface area contributed by atoms with E-state index in [9.17, 15) is 0 Å². The highest BCUT2D eigenvalue weighted by Gasteiger charge is 2.29. The van der Waals surface area contributed by atoms with E-state index in [1.165, 1.54) is 12.8 Å². The Hall–Kier alpha value is -1.38. The van der Waals surface area contributed by atoms with Crippen molar-refractivity contribution in [1.29, 1.82) is 0 Å². The summed E-state index contributed by atoms with van der Waals surface area (Å²) in [7, 11) is 5.94. The van der Waals surface area contributed by atoms with Gasteiger partial charge in [-0.25, -0.2) is 9.97 Å². The van der Waals surface area contributed by atoms with Crippen molar-refractivity contribution in [2.24, 2.45) is 0 Å². The molecule has 3 nitrogen and oxygen atoms in total. The summed E-state index contributed by atoms with van der Waals surface area (Å²) in [5, 5.41) is 0. The number of hydrogen-bond acceptors (Lipinski definition) is 2. The summed E-state index contributed by atoms with van der Waals surface area (Å²) in [6.45, 7) is 2.04. The molecule has 2 aromatic heterocycles. The minimum atomic E-state index is 0.564. The molecule has 1 fully saturated rings. The van der Waals surface area contributed by atoms with Gasteiger partial charge < -0.3 is 4.57 Å². The second kappa shape index (κ2) is 2.56. The normalized spacial score (nSPS) is 16.4. The lowest BCUT2D eigenvalue weighted by Crippen LogP contribution is -1.93. The fraction of sp³-hybridized carbons (Fsp3) is 0.364. The number of hydrogen-bond donors (Lipinski definition) is 0. The fourth-order valence-corrected chi connectivity index (χ4v) is 1.76. The molecule has 3 rings (SSSR count). The molecule has 0 aliphatic heterocycles. The molecule has 0 atom stereocenters. The predicted molar refractivity (Wildman–Crippen MR) is 53.9 cm³/mol. The number of fused-ring (bicyclic) bond motifs is 1. The van der Waals surface area contributed by atoms with Crippen LogP contribution >= 0.6 is 0 Å². The first-order chi connectivity index (χ1) is 6.77. The zero-order chi connectivity index (χ0) is 9.71. The standard InChI is InChI=1S/C11H11N3/c1-7-5-6-12-11-9(7)13-10(14(11)2)8-3-4-8/h2,5-6,8H,3-4H2,1H3. The van der Waals surface area contributed by atoms with Crippen LogP contribution in [0.2, 0.25) is 0 Å². The van der Waals surface area contributed by atoms with E-state index in [1.54, 1.807) is 10.8 Å². The van der Waals surface area contributed by atoms with Crippen LogP contribution in [0, 0.1) is 14.0 Å². The lowest BCUT2D eigenvalue weighted by atomic mass is 10.3. The van der Waals surface area contributed by atoms with Crippen LogP contribution < -0.4 is 0 Å². The van der Waals surface area contributed by atoms with E-state index in [0.717, 1.165) is 22.6 Å². The van der Waals surface area contributed by atoms with Gasteiger partial charge in [-0.2, -0.15) is 0 Å². The van der Waals surface area contributed by atoms with Gasteiger partial charge in [-0.1, -0.05) is 0 Å². The topological polar surface area (TPSA) is 30.7 Å². The van der Waals surface area contributed by atoms with Gasteiger partial charge in [0.25, 0.3) is 0 Å². The van der Waals surface area contributed by atoms with E-state index in [4.69, 9.17) is 7.05 Å². The second-order valence-electron chi connectivity index (χ2n) is 3.91. The molecule has 0 N–H and O–H groups in total. The van der Waals surface area contributed by atoms with Crippen molar-refractivity contribution in [2.45, 2.75) is 25.7 Å². The first kappa shape index (κ1) is 7.97. The lowest BCUT2D eigenvalue weighted by molar-refractivity contribution is 0.888. The molecule has 14 heavy (non-hydrogen) atoms. The highest BCUT2D eigenvalue weighted by molar-refractivity contribution is 5.75. The van der Waals surface area contributed by atoms with E-state index < -0.39 is 0 Å². The van der Waals surface area contributed by atoms with Gasteiger partial charge in [0, 0.05) is 12.1 Å². The van der Waals surface area contributed by atoms with Crippen molar-refractivity contribution in [2.75, 3.05) is 0 Å². The van der Waals surface area contributed by atoms with Gasteiger partial charge in [0.05, 0.1) is 7.05 Å². The van der Waals surface area contributed by atoms with Crippen LogP contribution in [0.5, 0.6) is 0 Å². The summed E-state index contributed by atoms with van der Waals surface area (Å²) < 4.78 is 1.64. The molecule has 1 saturated carbocycles. The van der Waals surface area contributed by atoms with Crippen molar-refractivity contribution in [1.82, 2.24) is 14.5 Å². The second-order valence-corrected chi connectivity index (χ2v) is 3.91. The average molecular weight is 185 g/mol. The molecule has 0 amide bonds. The molecule has 2 radical (unpaired) electrons. The van der Waals surface area contributed by atoms with Gasteiger partial charge in [-0.3, -0.25) is 0 Å². The predicted octanol–water partition coefficient (Wildman–Crippen LogP) is 2.13. The van der Waals surface area contributed by atoms with Crippen molar-refractivity contribution in [3.8, 4) is 0 Å². The molecule has 1 aliphatic rings. The molecule has 1 aliphatic carbocycles. The van der Waals surface area contributed by atoms with E-state index in [0.29, 0.717) is 5.92 Å². The van der Waals surface area contributed by atoms with Crippen LogP contribution in [0.3, 0.4) is 0 Å². The smallest absolute Gasteiger partial charge is 0.160 e. The molecular formula is C11H11N3. The summed E-state index contributed by atoms with van der Waals surface area (Å²) in [5.74, 6) is 1.55. The largest absolute Gasteiger partial charge is 0.305 e. The van der Waals surface area contributed by atoms with E-state index in [1.807, 2.05) is 13.0 Å². The van der Waals surface area contributed by atoms with Gasteiger partial charge in [-0.15, -0.1) is 0 Å². The van der Waals surface area contributed by atoms with E-state index in [-0.39, 0.29) is 0 Å². The quantitative estimate of drug-likeness (QED) is 0.681. The number of rotatable bonds is 1.